The number of hydrogen-bond acceptors (Lipinski definition) is 2. The van der Waals surface area contributed by atoms with Crippen molar-refractivity contribution in [2.24, 2.45) is 0 Å². The van der Waals surface area contributed by atoms with Crippen molar-refractivity contribution in [3.8, 4) is 0 Å². The molecule has 1 aromatic carbocycles. The van der Waals surface area contributed by atoms with Gasteiger partial charge in [-0.3, -0.25) is 4.79 Å². The van der Waals surface area contributed by atoms with E-state index in [0.29, 0.717) is 11.0 Å². The SMILES string of the molecule is CC(NCc1ccc(Br)c(F)c1)C(=O)N(C)C. The van der Waals surface area contributed by atoms with Gasteiger partial charge in [-0.05, 0) is 40.5 Å². The molecule has 0 aliphatic heterocycles. The number of hydrogen-bond donors (Lipinski definition) is 1. The van der Waals surface area contributed by atoms with Crippen LogP contribution in [0.2, 0.25) is 0 Å². The van der Waals surface area contributed by atoms with E-state index in [9.17, 15) is 9.18 Å². The lowest BCUT2D eigenvalue weighted by Crippen LogP contribution is -2.41. The highest BCUT2D eigenvalue weighted by Gasteiger charge is 2.13. The highest BCUT2D eigenvalue weighted by atomic mass is 79.9. The highest BCUT2D eigenvalue weighted by Crippen LogP contribution is 2.16. The molecule has 0 aliphatic carbocycles. The maximum atomic E-state index is 13.2. The molecule has 0 spiro atoms. The molecule has 0 aliphatic rings. The molecule has 3 nitrogen and oxygen atoms in total. The second kappa shape index (κ2) is 6.12. The van der Waals surface area contributed by atoms with Crippen molar-refractivity contribution in [3.05, 3.63) is 34.1 Å². The number of carbonyl (C=O) groups is 1. The van der Waals surface area contributed by atoms with Crippen LogP contribution in [0.4, 0.5) is 4.39 Å². The van der Waals surface area contributed by atoms with Crippen LogP contribution in [0.15, 0.2) is 22.7 Å². The lowest BCUT2D eigenvalue weighted by molar-refractivity contribution is -0.130. The smallest absolute Gasteiger partial charge is 0.238 e. The van der Waals surface area contributed by atoms with Crippen molar-refractivity contribution in [1.82, 2.24) is 10.2 Å². The van der Waals surface area contributed by atoms with Crippen LogP contribution in [-0.2, 0) is 11.3 Å². The van der Waals surface area contributed by atoms with Gasteiger partial charge in [-0.25, -0.2) is 4.39 Å². The Morgan fingerprint density at radius 3 is 2.71 bits per heavy atom. The number of nitrogens with one attached hydrogen (secondary N) is 1. The normalized spacial score (nSPS) is 12.3. The van der Waals surface area contributed by atoms with Crippen LogP contribution in [0.5, 0.6) is 0 Å². The Balaban J connectivity index is 2.56. The van der Waals surface area contributed by atoms with Gasteiger partial charge in [0.15, 0.2) is 0 Å². The van der Waals surface area contributed by atoms with Crippen LogP contribution >= 0.6 is 15.9 Å². The molecule has 1 atom stereocenters. The molecule has 1 unspecified atom stereocenters. The van der Waals surface area contributed by atoms with Gasteiger partial charge >= 0.3 is 0 Å². The Labute approximate surface area is 109 Å². The number of likely N-dealkylation sites (N-methyl/N-ethyl adjacent to an activating group) is 1. The number of rotatable bonds is 4. The lowest BCUT2D eigenvalue weighted by atomic mass is 10.2. The van der Waals surface area contributed by atoms with E-state index in [0.717, 1.165) is 5.56 Å². The molecule has 5 heteroatoms. The first-order chi connectivity index (χ1) is 7.91. The number of benzene rings is 1. The summed E-state index contributed by atoms with van der Waals surface area (Å²) >= 11 is 3.10. The van der Waals surface area contributed by atoms with Gasteiger partial charge < -0.3 is 10.2 Å². The summed E-state index contributed by atoms with van der Waals surface area (Å²) in [6, 6.07) is 4.64. The molecule has 1 N–H and O–H groups in total. The van der Waals surface area contributed by atoms with E-state index in [1.807, 2.05) is 6.07 Å². The Morgan fingerprint density at radius 1 is 1.53 bits per heavy atom. The van der Waals surface area contributed by atoms with Crippen LogP contribution in [0.3, 0.4) is 0 Å². The Morgan fingerprint density at radius 2 is 2.18 bits per heavy atom. The summed E-state index contributed by atoms with van der Waals surface area (Å²) in [4.78, 5) is 13.1. The average Bonchev–Trinajstić information content (AvgIpc) is 2.29. The summed E-state index contributed by atoms with van der Waals surface area (Å²) in [5.41, 5.74) is 0.809. The van der Waals surface area contributed by atoms with Crippen molar-refractivity contribution in [2.45, 2.75) is 19.5 Å². The quantitative estimate of drug-likeness (QED) is 0.924. The van der Waals surface area contributed by atoms with Crippen LogP contribution in [0.1, 0.15) is 12.5 Å². The third kappa shape index (κ3) is 4.09. The van der Waals surface area contributed by atoms with E-state index >= 15 is 0 Å². The van der Waals surface area contributed by atoms with Crippen molar-refractivity contribution in [1.29, 1.82) is 0 Å². The van der Waals surface area contributed by atoms with Crippen LogP contribution in [-0.4, -0.2) is 30.9 Å². The summed E-state index contributed by atoms with van der Waals surface area (Å²) in [5.74, 6) is -0.293. The van der Waals surface area contributed by atoms with Gasteiger partial charge in [0.05, 0.1) is 10.5 Å². The molecular weight excluding hydrogens is 287 g/mol. The van der Waals surface area contributed by atoms with E-state index in [1.54, 1.807) is 27.1 Å². The largest absolute Gasteiger partial charge is 0.347 e. The minimum atomic E-state index is -0.295. The van der Waals surface area contributed by atoms with E-state index in [-0.39, 0.29) is 17.8 Å². The molecule has 0 fully saturated rings. The molecular formula is C12H16BrFN2O. The fourth-order valence-corrected chi connectivity index (χ4v) is 1.64. The zero-order chi connectivity index (χ0) is 13.0. The zero-order valence-corrected chi connectivity index (χ0v) is 11.7. The van der Waals surface area contributed by atoms with Gasteiger partial charge in [0.1, 0.15) is 5.82 Å². The number of halogens is 2. The molecule has 94 valence electrons. The number of carbonyl (C=O) groups excluding carboxylic acids is 1. The molecule has 1 rings (SSSR count). The predicted octanol–water partition coefficient (Wildman–Crippen LogP) is 2.15. The second-order valence-corrected chi connectivity index (χ2v) is 4.94. The van der Waals surface area contributed by atoms with Crippen molar-refractivity contribution < 1.29 is 9.18 Å². The Bertz CT molecular complexity index is 409. The summed E-state index contributed by atoms with van der Waals surface area (Å²) in [6.45, 7) is 2.25. The van der Waals surface area contributed by atoms with Gasteiger partial charge in [-0.1, -0.05) is 6.07 Å². The molecule has 0 aromatic heterocycles. The Kier molecular flexibility index (Phi) is 5.08. The number of amides is 1. The van der Waals surface area contributed by atoms with E-state index in [4.69, 9.17) is 0 Å². The zero-order valence-electron chi connectivity index (χ0n) is 10.1. The van der Waals surface area contributed by atoms with E-state index < -0.39 is 0 Å². The minimum absolute atomic E-state index is 0.00239. The third-order valence-electron chi connectivity index (χ3n) is 2.41. The van der Waals surface area contributed by atoms with E-state index in [1.165, 1.54) is 11.0 Å². The van der Waals surface area contributed by atoms with Gasteiger partial charge in [0.2, 0.25) is 5.91 Å². The maximum absolute atomic E-state index is 13.2. The summed E-state index contributed by atoms with van der Waals surface area (Å²) in [7, 11) is 3.42. The molecule has 0 saturated carbocycles. The fraction of sp³-hybridized carbons (Fsp3) is 0.417. The highest BCUT2D eigenvalue weighted by molar-refractivity contribution is 9.10. The first-order valence-electron chi connectivity index (χ1n) is 5.30. The third-order valence-corrected chi connectivity index (χ3v) is 3.05. The molecule has 0 saturated heterocycles. The van der Waals surface area contributed by atoms with Crippen LogP contribution in [0.25, 0.3) is 0 Å². The summed E-state index contributed by atoms with van der Waals surface area (Å²) in [5, 5.41) is 3.05. The van der Waals surface area contributed by atoms with Crippen LogP contribution in [0, 0.1) is 5.82 Å². The van der Waals surface area contributed by atoms with E-state index in [2.05, 4.69) is 21.2 Å². The van der Waals surface area contributed by atoms with Crippen molar-refractivity contribution in [3.63, 3.8) is 0 Å². The summed E-state index contributed by atoms with van der Waals surface area (Å²) in [6.07, 6.45) is 0. The first-order valence-corrected chi connectivity index (χ1v) is 6.09. The maximum Gasteiger partial charge on any atom is 0.238 e. The molecule has 17 heavy (non-hydrogen) atoms. The van der Waals surface area contributed by atoms with Crippen LogP contribution < -0.4 is 5.32 Å². The first kappa shape index (κ1) is 14.1. The second-order valence-electron chi connectivity index (χ2n) is 4.08. The fourth-order valence-electron chi connectivity index (χ4n) is 1.40. The molecule has 0 radical (unpaired) electrons. The topological polar surface area (TPSA) is 32.3 Å². The van der Waals surface area contributed by atoms with Gasteiger partial charge in [0.25, 0.3) is 0 Å². The summed E-state index contributed by atoms with van der Waals surface area (Å²) < 4.78 is 13.7. The van der Waals surface area contributed by atoms with Gasteiger partial charge in [-0.2, -0.15) is 0 Å². The monoisotopic (exact) mass is 302 g/mol. The standard InChI is InChI=1S/C12H16BrFN2O/c1-8(12(17)16(2)3)15-7-9-4-5-10(13)11(14)6-9/h4-6,8,15H,7H2,1-3H3. The molecule has 1 amide bonds. The lowest BCUT2D eigenvalue weighted by Gasteiger charge is -2.18. The molecule has 0 bridgehead atoms. The average molecular weight is 303 g/mol. The van der Waals surface area contributed by atoms with Crippen molar-refractivity contribution in [2.75, 3.05) is 14.1 Å². The Hall–Kier alpha value is -0.940. The molecule has 0 heterocycles. The van der Waals surface area contributed by atoms with Gasteiger partial charge in [0, 0.05) is 20.6 Å². The van der Waals surface area contributed by atoms with Gasteiger partial charge in [-0.15, -0.1) is 0 Å². The minimum Gasteiger partial charge on any atom is -0.347 e. The number of nitrogens with zero attached hydrogens (tertiary/aromatic N) is 1. The predicted molar refractivity (Wildman–Crippen MR) is 69.1 cm³/mol. The molecule has 1 aromatic rings. The van der Waals surface area contributed by atoms with Crippen molar-refractivity contribution >= 4 is 21.8 Å².